The van der Waals surface area contributed by atoms with Crippen molar-refractivity contribution in [3.8, 4) is 0 Å². The number of aliphatic hydroxyl groups excluding tert-OH is 1. The standard InChI is InChI=1S/C12H14F2O/c13-12(14)11(8-5-6-8)10-4-2-1-3-9(10)7-15/h1-4,8,11-12,15H,5-7H2. The molecule has 1 N–H and O–H groups in total. The van der Waals surface area contributed by atoms with Gasteiger partial charge in [0.15, 0.2) is 0 Å². The third-order valence-electron chi connectivity index (χ3n) is 2.99. The molecule has 1 atom stereocenters. The van der Waals surface area contributed by atoms with Crippen molar-refractivity contribution < 1.29 is 13.9 Å². The van der Waals surface area contributed by atoms with E-state index in [1.807, 2.05) is 0 Å². The molecule has 1 aliphatic rings. The Morgan fingerprint density at radius 1 is 1.27 bits per heavy atom. The second kappa shape index (κ2) is 4.27. The van der Waals surface area contributed by atoms with Crippen molar-refractivity contribution in [2.75, 3.05) is 0 Å². The lowest BCUT2D eigenvalue weighted by atomic mass is 9.91. The van der Waals surface area contributed by atoms with Crippen molar-refractivity contribution in [3.05, 3.63) is 35.4 Å². The third kappa shape index (κ3) is 2.17. The fourth-order valence-corrected chi connectivity index (χ4v) is 2.05. The highest BCUT2D eigenvalue weighted by Crippen LogP contribution is 2.46. The Bertz CT molecular complexity index is 332. The Morgan fingerprint density at radius 2 is 1.93 bits per heavy atom. The van der Waals surface area contributed by atoms with Crippen molar-refractivity contribution in [2.45, 2.75) is 31.8 Å². The van der Waals surface area contributed by atoms with Gasteiger partial charge in [0.25, 0.3) is 0 Å². The number of hydrogen-bond donors (Lipinski definition) is 1. The maximum Gasteiger partial charge on any atom is 0.245 e. The molecule has 0 heterocycles. The molecular weight excluding hydrogens is 198 g/mol. The topological polar surface area (TPSA) is 20.2 Å². The minimum Gasteiger partial charge on any atom is -0.392 e. The zero-order chi connectivity index (χ0) is 10.8. The average molecular weight is 212 g/mol. The predicted octanol–water partition coefficient (Wildman–Crippen LogP) is 2.94. The van der Waals surface area contributed by atoms with Crippen LogP contribution < -0.4 is 0 Å². The van der Waals surface area contributed by atoms with Gasteiger partial charge in [-0.2, -0.15) is 0 Å². The summed E-state index contributed by atoms with van der Waals surface area (Å²) in [6, 6.07) is 6.95. The van der Waals surface area contributed by atoms with E-state index in [9.17, 15) is 8.78 Å². The third-order valence-corrected chi connectivity index (χ3v) is 2.99. The smallest absolute Gasteiger partial charge is 0.245 e. The number of rotatable bonds is 4. The number of halogens is 2. The molecule has 0 amide bonds. The minimum absolute atomic E-state index is 0.109. The van der Waals surface area contributed by atoms with Crippen LogP contribution in [0.3, 0.4) is 0 Å². The van der Waals surface area contributed by atoms with E-state index < -0.39 is 12.3 Å². The van der Waals surface area contributed by atoms with Crippen LogP contribution in [0.5, 0.6) is 0 Å². The van der Waals surface area contributed by atoms with E-state index in [0.717, 1.165) is 12.8 Å². The molecule has 1 saturated carbocycles. The molecule has 15 heavy (non-hydrogen) atoms. The summed E-state index contributed by atoms with van der Waals surface area (Å²) in [6.07, 6.45) is -0.561. The molecule has 3 heteroatoms. The van der Waals surface area contributed by atoms with Gasteiger partial charge in [-0.05, 0) is 29.9 Å². The Hall–Kier alpha value is -0.960. The molecule has 1 aromatic rings. The van der Waals surface area contributed by atoms with Crippen LogP contribution in [0, 0.1) is 5.92 Å². The summed E-state index contributed by atoms with van der Waals surface area (Å²) in [5.74, 6) is -0.578. The molecule has 1 unspecified atom stereocenters. The van der Waals surface area contributed by atoms with Crippen molar-refractivity contribution in [3.63, 3.8) is 0 Å². The first-order valence-corrected chi connectivity index (χ1v) is 5.21. The maximum absolute atomic E-state index is 12.9. The lowest BCUT2D eigenvalue weighted by Gasteiger charge is -2.18. The Morgan fingerprint density at radius 3 is 2.47 bits per heavy atom. The van der Waals surface area contributed by atoms with Crippen molar-refractivity contribution in [1.29, 1.82) is 0 Å². The van der Waals surface area contributed by atoms with Gasteiger partial charge in [-0.25, -0.2) is 8.78 Å². The molecule has 1 fully saturated rings. The van der Waals surface area contributed by atoms with Gasteiger partial charge < -0.3 is 5.11 Å². The summed E-state index contributed by atoms with van der Waals surface area (Å²) >= 11 is 0. The Kier molecular flexibility index (Phi) is 3.00. The van der Waals surface area contributed by atoms with Gasteiger partial charge in [0.05, 0.1) is 6.61 Å². The van der Waals surface area contributed by atoms with Crippen LogP contribution in [0.4, 0.5) is 8.78 Å². The van der Waals surface area contributed by atoms with Crippen LogP contribution in [0.25, 0.3) is 0 Å². The summed E-state index contributed by atoms with van der Waals surface area (Å²) in [6.45, 7) is -0.161. The number of hydrogen-bond acceptors (Lipinski definition) is 1. The summed E-state index contributed by atoms with van der Waals surface area (Å²) in [7, 11) is 0. The number of benzene rings is 1. The molecule has 0 aromatic heterocycles. The molecule has 0 radical (unpaired) electrons. The van der Waals surface area contributed by atoms with Crippen LogP contribution in [0.1, 0.15) is 29.9 Å². The lowest BCUT2D eigenvalue weighted by molar-refractivity contribution is 0.103. The van der Waals surface area contributed by atoms with Gasteiger partial charge >= 0.3 is 0 Å². The quantitative estimate of drug-likeness (QED) is 0.813. The van der Waals surface area contributed by atoms with E-state index in [4.69, 9.17) is 5.11 Å². The molecule has 1 aromatic carbocycles. The summed E-state index contributed by atoms with van der Waals surface area (Å²) in [4.78, 5) is 0. The molecular formula is C12H14F2O. The van der Waals surface area contributed by atoms with Crippen LogP contribution in [0.2, 0.25) is 0 Å². The van der Waals surface area contributed by atoms with Crippen molar-refractivity contribution >= 4 is 0 Å². The van der Waals surface area contributed by atoms with E-state index in [1.165, 1.54) is 0 Å². The SMILES string of the molecule is OCc1ccccc1C(C(F)F)C1CC1. The monoisotopic (exact) mass is 212 g/mol. The molecule has 1 aliphatic carbocycles. The average Bonchev–Trinajstić information content (AvgIpc) is 3.03. The number of aliphatic hydroxyl groups is 1. The summed E-state index contributed by atoms with van der Waals surface area (Å²) in [5, 5.41) is 9.11. The maximum atomic E-state index is 12.9. The molecule has 0 saturated heterocycles. The van der Waals surface area contributed by atoms with Crippen LogP contribution in [-0.4, -0.2) is 11.5 Å². The van der Waals surface area contributed by atoms with E-state index in [1.54, 1.807) is 24.3 Å². The predicted molar refractivity (Wildman–Crippen MR) is 53.8 cm³/mol. The minimum atomic E-state index is -2.33. The fraction of sp³-hybridized carbons (Fsp3) is 0.500. The molecule has 0 bridgehead atoms. The van der Waals surface area contributed by atoms with Gasteiger partial charge in [-0.3, -0.25) is 0 Å². The lowest BCUT2D eigenvalue weighted by Crippen LogP contribution is -2.13. The first kappa shape index (κ1) is 10.6. The van der Waals surface area contributed by atoms with E-state index in [-0.39, 0.29) is 12.5 Å². The highest BCUT2D eigenvalue weighted by molar-refractivity contribution is 5.31. The van der Waals surface area contributed by atoms with Crippen molar-refractivity contribution in [1.82, 2.24) is 0 Å². The summed E-state index contributed by atoms with van der Waals surface area (Å²) < 4.78 is 25.8. The van der Waals surface area contributed by atoms with Crippen LogP contribution in [0.15, 0.2) is 24.3 Å². The summed E-state index contributed by atoms with van der Waals surface area (Å²) in [5.41, 5.74) is 1.26. The largest absolute Gasteiger partial charge is 0.392 e. The second-order valence-corrected chi connectivity index (χ2v) is 4.05. The van der Waals surface area contributed by atoms with Gasteiger partial charge in [0.1, 0.15) is 0 Å². The molecule has 0 spiro atoms. The van der Waals surface area contributed by atoms with Crippen LogP contribution in [-0.2, 0) is 6.61 Å². The fourth-order valence-electron chi connectivity index (χ4n) is 2.05. The molecule has 2 rings (SSSR count). The first-order valence-electron chi connectivity index (χ1n) is 5.21. The van der Waals surface area contributed by atoms with E-state index >= 15 is 0 Å². The zero-order valence-corrected chi connectivity index (χ0v) is 8.37. The normalized spacial score (nSPS) is 18.1. The number of alkyl halides is 2. The van der Waals surface area contributed by atoms with Crippen molar-refractivity contribution in [2.24, 2.45) is 5.92 Å². The van der Waals surface area contributed by atoms with Gasteiger partial charge in [-0.15, -0.1) is 0 Å². The highest BCUT2D eigenvalue weighted by Gasteiger charge is 2.39. The Balaban J connectivity index is 2.32. The molecule has 1 nitrogen and oxygen atoms in total. The highest BCUT2D eigenvalue weighted by atomic mass is 19.3. The zero-order valence-electron chi connectivity index (χ0n) is 8.37. The van der Waals surface area contributed by atoms with Gasteiger partial charge in [-0.1, -0.05) is 24.3 Å². The van der Waals surface area contributed by atoms with E-state index in [0.29, 0.717) is 11.1 Å². The van der Waals surface area contributed by atoms with E-state index in [2.05, 4.69) is 0 Å². The van der Waals surface area contributed by atoms with Gasteiger partial charge in [0, 0.05) is 5.92 Å². The van der Waals surface area contributed by atoms with Crippen LogP contribution >= 0.6 is 0 Å². The van der Waals surface area contributed by atoms with Gasteiger partial charge in [0.2, 0.25) is 6.43 Å². The molecule has 0 aliphatic heterocycles. The Labute approximate surface area is 87.7 Å². The second-order valence-electron chi connectivity index (χ2n) is 4.05. The first-order chi connectivity index (χ1) is 7.24. The molecule has 82 valence electrons.